The van der Waals surface area contributed by atoms with Gasteiger partial charge in [0, 0.05) is 30.1 Å². The zero-order valence-electron chi connectivity index (χ0n) is 19.7. The van der Waals surface area contributed by atoms with Gasteiger partial charge in [-0.25, -0.2) is 0 Å². The molecule has 3 aliphatic heterocycles. The van der Waals surface area contributed by atoms with Gasteiger partial charge in [-0.15, -0.1) is 18.3 Å². The lowest BCUT2D eigenvalue weighted by Gasteiger charge is -2.37. The largest absolute Gasteiger partial charge is 0.481 e. The first-order valence-electron chi connectivity index (χ1n) is 12.0. The minimum Gasteiger partial charge on any atom is -0.481 e. The number of likely N-dealkylation sites (tertiary alicyclic amines) is 1. The van der Waals surface area contributed by atoms with Gasteiger partial charge >= 0.3 is 5.97 Å². The topological polar surface area (TPSA) is 98.2 Å². The molecular formula is C27H30N2O5S. The van der Waals surface area contributed by atoms with Crippen LogP contribution < -0.4 is 4.90 Å². The van der Waals surface area contributed by atoms with Crippen LogP contribution in [0, 0.1) is 11.8 Å². The summed E-state index contributed by atoms with van der Waals surface area (Å²) >= 11 is 1.52. The Bertz CT molecular complexity index is 1220. The number of aliphatic hydroxyl groups is 1. The number of carboxylic acid groups (broad SMARTS) is 1. The summed E-state index contributed by atoms with van der Waals surface area (Å²) in [5.41, 5.74) is 0.710. The second-order valence-corrected chi connectivity index (χ2v) is 11.8. The Balaban J connectivity index is 1.60. The Hall–Kier alpha value is -2.84. The Labute approximate surface area is 208 Å². The van der Waals surface area contributed by atoms with Crippen LogP contribution in [0.5, 0.6) is 0 Å². The number of aliphatic carboxylic acids is 1. The average molecular weight is 495 g/mol. The van der Waals surface area contributed by atoms with Crippen LogP contribution in [0.4, 0.5) is 5.69 Å². The first kappa shape index (κ1) is 23.9. The molecule has 1 spiro atoms. The molecular weight excluding hydrogens is 464 g/mol. The molecule has 5 rings (SSSR count). The fraction of sp³-hybridized carbons (Fsp3) is 0.444. The number of nitrogens with zero attached hydrogens (tertiary/aromatic N) is 2. The molecule has 0 aromatic heterocycles. The number of benzene rings is 2. The first-order chi connectivity index (χ1) is 16.8. The molecule has 2 aromatic carbocycles. The molecule has 0 saturated carbocycles. The number of hydrogen-bond donors (Lipinski definition) is 2. The average Bonchev–Trinajstić information content (AvgIpc) is 3.41. The summed E-state index contributed by atoms with van der Waals surface area (Å²) in [6.45, 7) is 6.13. The normalized spacial score (nSPS) is 31.1. The zero-order chi connectivity index (χ0) is 25.0. The molecule has 3 aliphatic rings. The molecule has 2 N–H and O–H groups in total. The smallest absolute Gasteiger partial charge is 0.308 e. The molecule has 5 atom stereocenters. The highest BCUT2D eigenvalue weighted by atomic mass is 32.2. The maximum absolute atomic E-state index is 14.4. The van der Waals surface area contributed by atoms with E-state index in [4.69, 9.17) is 0 Å². The van der Waals surface area contributed by atoms with E-state index in [1.807, 2.05) is 49.4 Å². The molecule has 8 heteroatoms. The van der Waals surface area contributed by atoms with Crippen LogP contribution >= 0.6 is 11.8 Å². The number of fused-ring (bicyclic) bond motifs is 2. The second-order valence-electron chi connectivity index (χ2n) is 9.94. The van der Waals surface area contributed by atoms with E-state index in [1.165, 1.54) is 11.8 Å². The molecule has 3 fully saturated rings. The van der Waals surface area contributed by atoms with Gasteiger partial charge in [0.2, 0.25) is 5.91 Å². The summed E-state index contributed by atoms with van der Waals surface area (Å²) in [6.07, 6.45) is 3.25. The van der Waals surface area contributed by atoms with Crippen LogP contribution in [0.25, 0.3) is 10.8 Å². The predicted molar refractivity (Wildman–Crippen MR) is 136 cm³/mol. The fourth-order valence-corrected chi connectivity index (χ4v) is 8.85. The van der Waals surface area contributed by atoms with E-state index in [1.54, 1.807) is 15.9 Å². The van der Waals surface area contributed by atoms with E-state index in [0.29, 0.717) is 24.9 Å². The monoisotopic (exact) mass is 494 g/mol. The molecule has 3 saturated heterocycles. The van der Waals surface area contributed by atoms with Gasteiger partial charge in [-0.3, -0.25) is 14.4 Å². The van der Waals surface area contributed by atoms with Crippen LogP contribution in [0.2, 0.25) is 0 Å². The third-order valence-electron chi connectivity index (χ3n) is 7.96. The van der Waals surface area contributed by atoms with Crippen molar-refractivity contribution in [3.63, 3.8) is 0 Å². The molecule has 184 valence electrons. The molecule has 2 amide bonds. The lowest BCUT2D eigenvalue weighted by molar-refractivity contribution is -0.150. The maximum atomic E-state index is 14.4. The van der Waals surface area contributed by atoms with E-state index in [0.717, 1.165) is 10.8 Å². The van der Waals surface area contributed by atoms with Gasteiger partial charge in [-0.05, 0) is 49.1 Å². The lowest BCUT2D eigenvalue weighted by atomic mass is 9.66. The van der Waals surface area contributed by atoms with Crippen LogP contribution in [-0.4, -0.2) is 68.1 Å². The highest BCUT2D eigenvalue weighted by molar-refractivity contribution is 8.02. The van der Waals surface area contributed by atoms with Crippen molar-refractivity contribution in [2.75, 3.05) is 24.6 Å². The van der Waals surface area contributed by atoms with Crippen LogP contribution in [-0.2, 0) is 14.4 Å². The number of aliphatic hydroxyl groups excluding tert-OH is 1. The molecule has 2 unspecified atom stereocenters. The minimum absolute atomic E-state index is 0.114. The summed E-state index contributed by atoms with van der Waals surface area (Å²) in [6, 6.07) is 12.9. The number of carbonyl (C=O) groups is 3. The minimum atomic E-state index is -0.979. The van der Waals surface area contributed by atoms with Crippen molar-refractivity contribution in [2.45, 2.75) is 41.7 Å². The van der Waals surface area contributed by atoms with Gasteiger partial charge in [0.15, 0.2) is 0 Å². The van der Waals surface area contributed by atoms with Gasteiger partial charge in [-0.1, -0.05) is 36.4 Å². The van der Waals surface area contributed by atoms with Crippen molar-refractivity contribution in [1.82, 2.24) is 4.90 Å². The molecule has 0 aliphatic carbocycles. The van der Waals surface area contributed by atoms with Crippen molar-refractivity contribution >= 4 is 46.0 Å². The third-order valence-corrected chi connectivity index (χ3v) is 9.94. The summed E-state index contributed by atoms with van der Waals surface area (Å²) in [5, 5.41) is 21.6. The van der Waals surface area contributed by atoms with Gasteiger partial charge in [0.05, 0.1) is 16.6 Å². The number of rotatable bonds is 8. The van der Waals surface area contributed by atoms with Crippen LogP contribution in [0.1, 0.15) is 26.2 Å². The van der Waals surface area contributed by atoms with Crippen molar-refractivity contribution in [3.05, 3.63) is 55.1 Å². The fourth-order valence-electron chi connectivity index (χ4n) is 6.51. The first-order valence-corrected chi connectivity index (χ1v) is 12.8. The number of carbonyl (C=O) groups excluding carboxylic acids is 2. The van der Waals surface area contributed by atoms with Gasteiger partial charge in [0.25, 0.3) is 5.91 Å². The predicted octanol–water partition coefficient (Wildman–Crippen LogP) is 3.31. The third kappa shape index (κ3) is 3.49. The van der Waals surface area contributed by atoms with Crippen molar-refractivity contribution in [1.29, 1.82) is 0 Å². The maximum Gasteiger partial charge on any atom is 0.308 e. The zero-order valence-corrected chi connectivity index (χ0v) is 20.5. The van der Waals surface area contributed by atoms with Crippen LogP contribution in [0.15, 0.2) is 55.1 Å². The number of hydrogen-bond acceptors (Lipinski definition) is 5. The van der Waals surface area contributed by atoms with Crippen molar-refractivity contribution < 1.29 is 24.6 Å². The molecule has 3 heterocycles. The standard InChI is InChI=1S/C27H30N2O5S/c1-3-13-28(19-10-9-17-7-4-5-8-18(17)16-19)24(32)22-27-12-11-26(2,35-27)21(25(33)34)20(27)23(31)29(22)14-6-15-30/h3-5,7-10,16,20-22,30H,1,6,11-15H2,2H3,(H,33,34)/t20-,21+,22?,26-,27?/m0/s1. The number of anilines is 1. The molecule has 7 nitrogen and oxygen atoms in total. The molecule has 2 aromatic rings. The van der Waals surface area contributed by atoms with E-state index >= 15 is 0 Å². The Kier molecular flexibility index (Phi) is 5.92. The SMILES string of the molecule is C=CCN(C(=O)C1N(CCCO)C(=O)[C@@H]2[C@H](C(=O)O)[C@]3(C)CCC12S3)c1ccc2ccccc2c1. The van der Waals surface area contributed by atoms with E-state index < -0.39 is 33.3 Å². The highest BCUT2D eigenvalue weighted by Gasteiger charge is 2.77. The molecule has 35 heavy (non-hydrogen) atoms. The molecule has 0 radical (unpaired) electrons. The van der Waals surface area contributed by atoms with Crippen LogP contribution in [0.3, 0.4) is 0 Å². The molecule has 2 bridgehead atoms. The summed E-state index contributed by atoms with van der Waals surface area (Å²) < 4.78 is -1.38. The number of amides is 2. The second kappa shape index (κ2) is 8.68. The van der Waals surface area contributed by atoms with Gasteiger partial charge < -0.3 is 20.0 Å². The Morgan fingerprint density at radius 1 is 1.23 bits per heavy atom. The van der Waals surface area contributed by atoms with Gasteiger partial charge in [0.1, 0.15) is 6.04 Å². The van der Waals surface area contributed by atoms with Crippen molar-refractivity contribution in [2.24, 2.45) is 11.8 Å². The Morgan fingerprint density at radius 3 is 2.66 bits per heavy atom. The number of thioether (sulfide) groups is 1. The lowest BCUT2D eigenvalue weighted by Crippen LogP contribution is -2.55. The van der Waals surface area contributed by atoms with E-state index in [-0.39, 0.29) is 31.5 Å². The summed E-state index contributed by atoms with van der Waals surface area (Å²) in [7, 11) is 0. The summed E-state index contributed by atoms with van der Waals surface area (Å²) in [5.74, 6) is -3.07. The Morgan fingerprint density at radius 2 is 1.97 bits per heavy atom. The quantitative estimate of drug-likeness (QED) is 0.547. The van der Waals surface area contributed by atoms with E-state index in [9.17, 15) is 24.6 Å². The van der Waals surface area contributed by atoms with Gasteiger partial charge in [-0.2, -0.15) is 0 Å². The van der Waals surface area contributed by atoms with Crippen molar-refractivity contribution in [3.8, 4) is 0 Å². The van der Waals surface area contributed by atoms with E-state index in [2.05, 4.69) is 6.58 Å². The summed E-state index contributed by atoms with van der Waals surface area (Å²) in [4.78, 5) is 43.6. The highest BCUT2D eigenvalue weighted by Crippen LogP contribution is 2.71. The number of carboxylic acids is 1.